The first-order valence-electron chi connectivity index (χ1n) is 9.05. The van der Waals surface area contributed by atoms with Gasteiger partial charge in [0, 0.05) is 10.8 Å². The van der Waals surface area contributed by atoms with Crippen LogP contribution in [0.2, 0.25) is 0 Å². The molecule has 0 atom stereocenters. The van der Waals surface area contributed by atoms with E-state index in [-0.39, 0.29) is 30.6 Å². The number of rotatable bonds is 5. The minimum atomic E-state index is -0.357. The van der Waals surface area contributed by atoms with E-state index in [4.69, 9.17) is 9.40 Å². The van der Waals surface area contributed by atoms with Gasteiger partial charge in [0.05, 0.1) is 18.2 Å². The lowest BCUT2D eigenvalue weighted by molar-refractivity contribution is -0.122. The molecule has 0 unspecified atom stereocenters. The number of carbonyl (C=O) groups excluding carboxylic acids is 1. The molecule has 0 saturated carbocycles. The van der Waals surface area contributed by atoms with Gasteiger partial charge in [0.1, 0.15) is 23.0 Å². The molecule has 8 nitrogen and oxygen atoms in total. The Morgan fingerprint density at radius 3 is 2.82 bits per heavy atom. The van der Waals surface area contributed by atoms with E-state index < -0.39 is 0 Å². The van der Waals surface area contributed by atoms with Crippen LogP contribution in [0.1, 0.15) is 41.8 Å². The number of aromatic nitrogens is 4. The maximum atomic E-state index is 13.0. The summed E-state index contributed by atoms with van der Waals surface area (Å²) in [6, 6.07) is 3.53. The number of furan rings is 1. The Bertz CT molecular complexity index is 1230. The van der Waals surface area contributed by atoms with Crippen LogP contribution < -0.4 is 11.0 Å². The molecule has 4 rings (SSSR count). The van der Waals surface area contributed by atoms with Gasteiger partial charge in [0.15, 0.2) is 5.65 Å². The first-order chi connectivity index (χ1) is 13.4. The van der Waals surface area contributed by atoms with E-state index in [0.29, 0.717) is 17.2 Å². The molecular weight excluding hydrogens is 378 g/mol. The van der Waals surface area contributed by atoms with Crippen molar-refractivity contribution in [2.45, 2.75) is 46.7 Å². The molecule has 0 radical (unpaired) electrons. The fourth-order valence-electron chi connectivity index (χ4n) is 3.16. The molecule has 4 heterocycles. The Morgan fingerprint density at radius 2 is 2.14 bits per heavy atom. The molecule has 0 saturated heterocycles. The van der Waals surface area contributed by atoms with Crippen molar-refractivity contribution < 1.29 is 9.21 Å². The number of hydrogen-bond acceptors (Lipinski definition) is 6. The van der Waals surface area contributed by atoms with Crippen molar-refractivity contribution in [3.8, 4) is 0 Å². The number of nitrogens with one attached hydrogen (secondary N) is 1. The molecule has 0 aliphatic rings. The zero-order valence-electron chi connectivity index (χ0n) is 16.1. The number of carbonyl (C=O) groups is 1. The SMILES string of the molecule is Cc1sc2nc(C(C)C)n3c(=O)n(CC(=O)NCc4ccco4)nc3c2c1C. The Morgan fingerprint density at radius 1 is 1.36 bits per heavy atom. The highest BCUT2D eigenvalue weighted by molar-refractivity contribution is 7.18. The van der Waals surface area contributed by atoms with Crippen LogP contribution in [0.15, 0.2) is 27.6 Å². The van der Waals surface area contributed by atoms with Crippen molar-refractivity contribution in [3.63, 3.8) is 0 Å². The van der Waals surface area contributed by atoms with Crippen LogP contribution in [-0.4, -0.2) is 25.1 Å². The number of amides is 1. The zero-order valence-corrected chi connectivity index (χ0v) is 17.0. The molecule has 28 heavy (non-hydrogen) atoms. The van der Waals surface area contributed by atoms with Gasteiger partial charge in [-0.05, 0) is 31.5 Å². The molecule has 0 fully saturated rings. The fraction of sp³-hybridized carbons (Fsp3) is 0.368. The van der Waals surface area contributed by atoms with Gasteiger partial charge in [0.25, 0.3) is 0 Å². The smallest absolute Gasteiger partial charge is 0.352 e. The van der Waals surface area contributed by atoms with Crippen molar-refractivity contribution in [1.29, 1.82) is 0 Å². The Balaban J connectivity index is 1.76. The number of nitrogens with zero attached hydrogens (tertiary/aromatic N) is 4. The number of aryl methyl sites for hydroxylation is 2. The number of fused-ring (bicyclic) bond motifs is 3. The van der Waals surface area contributed by atoms with E-state index in [9.17, 15) is 9.59 Å². The highest BCUT2D eigenvalue weighted by Crippen LogP contribution is 2.32. The van der Waals surface area contributed by atoms with Crippen molar-refractivity contribution in [2.75, 3.05) is 0 Å². The quantitative estimate of drug-likeness (QED) is 0.557. The Hall–Kier alpha value is -2.94. The van der Waals surface area contributed by atoms with Crippen LogP contribution in [-0.2, 0) is 17.9 Å². The summed E-state index contributed by atoms with van der Waals surface area (Å²) in [4.78, 5) is 32.1. The molecule has 4 aromatic rings. The summed E-state index contributed by atoms with van der Waals surface area (Å²) in [5.74, 6) is 1.03. The summed E-state index contributed by atoms with van der Waals surface area (Å²) in [6.45, 7) is 8.11. The monoisotopic (exact) mass is 399 g/mol. The van der Waals surface area contributed by atoms with E-state index in [2.05, 4.69) is 10.4 Å². The summed E-state index contributed by atoms with van der Waals surface area (Å²) in [5, 5.41) is 8.11. The third-order valence-electron chi connectivity index (χ3n) is 4.72. The predicted octanol–water partition coefficient (Wildman–Crippen LogP) is 2.76. The summed E-state index contributed by atoms with van der Waals surface area (Å²) >= 11 is 1.60. The van der Waals surface area contributed by atoms with Crippen LogP contribution in [0.25, 0.3) is 15.9 Å². The maximum absolute atomic E-state index is 13.0. The van der Waals surface area contributed by atoms with Gasteiger partial charge < -0.3 is 9.73 Å². The van der Waals surface area contributed by atoms with Crippen LogP contribution in [0.3, 0.4) is 0 Å². The lowest BCUT2D eigenvalue weighted by Gasteiger charge is -2.07. The van der Waals surface area contributed by atoms with Crippen LogP contribution >= 0.6 is 11.3 Å². The molecule has 0 spiro atoms. The highest BCUT2D eigenvalue weighted by atomic mass is 32.1. The molecule has 4 aromatic heterocycles. The minimum Gasteiger partial charge on any atom is -0.467 e. The third kappa shape index (κ3) is 3.01. The lowest BCUT2D eigenvalue weighted by Crippen LogP contribution is -2.32. The molecule has 0 bridgehead atoms. The molecule has 0 aromatic carbocycles. The summed E-state index contributed by atoms with van der Waals surface area (Å²) < 4.78 is 7.94. The molecule has 1 amide bonds. The minimum absolute atomic E-state index is 0.0396. The average molecular weight is 399 g/mol. The largest absolute Gasteiger partial charge is 0.467 e. The Kier molecular flexibility index (Phi) is 4.54. The van der Waals surface area contributed by atoms with E-state index in [1.54, 1.807) is 29.7 Å². The summed E-state index contributed by atoms with van der Waals surface area (Å²) in [7, 11) is 0. The first-order valence-corrected chi connectivity index (χ1v) is 9.86. The van der Waals surface area contributed by atoms with Crippen molar-refractivity contribution in [3.05, 3.63) is 50.9 Å². The van der Waals surface area contributed by atoms with Gasteiger partial charge in [-0.2, -0.15) is 0 Å². The van der Waals surface area contributed by atoms with E-state index in [1.165, 1.54) is 9.08 Å². The molecule has 9 heteroatoms. The van der Waals surface area contributed by atoms with E-state index >= 15 is 0 Å². The van der Waals surface area contributed by atoms with Gasteiger partial charge in [-0.3, -0.25) is 4.79 Å². The number of hydrogen-bond donors (Lipinski definition) is 1. The topological polar surface area (TPSA) is 94.4 Å². The second kappa shape index (κ2) is 6.90. The van der Waals surface area contributed by atoms with Gasteiger partial charge >= 0.3 is 5.69 Å². The first kappa shape index (κ1) is 18.4. The van der Waals surface area contributed by atoms with Crippen LogP contribution in [0.5, 0.6) is 0 Å². The highest BCUT2D eigenvalue weighted by Gasteiger charge is 2.21. The normalized spacial score (nSPS) is 11.8. The van der Waals surface area contributed by atoms with Crippen molar-refractivity contribution in [1.82, 2.24) is 24.5 Å². The van der Waals surface area contributed by atoms with Crippen molar-refractivity contribution >= 4 is 33.1 Å². The summed E-state index contributed by atoms with van der Waals surface area (Å²) in [5.41, 5.74) is 1.26. The Labute approximate surface area is 164 Å². The molecule has 146 valence electrons. The van der Waals surface area contributed by atoms with Crippen LogP contribution in [0, 0.1) is 13.8 Å². The van der Waals surface area contributed by atoms with E-state index in [1.807, 2.05) is 27.7 Å². The van der Waals surface area contributed by atoms with Crippen molar-refractivity contribution in [2.24, 2.45) is 0 Å². The second-order valence-corrected chi connectivity index (χ2v) is 8.25. The van der Waals surface area contributed by atoms with Gasteiger partial charge in [-0.25, -0.2) is 18.9 Å². The third-order valence-corrected chi connectivity index (χ3v) is 5.83. The summed E-state index contributed by atoms with van der Waals surface area (Å²) in [6.07, 6.45) is 1.55. The zero-order chi connectivity index (χ0) is 20.0. The lowest BCUT2D eigenvalue weighted by atomic mass is 10.2. The van der Waals surface area contributed by atoms with Gasteiger partial charge in [0.2, 0.25) is 5.91 Å². The molecule has 1 N–H and O–H groups in total. The van der Waals surface area contributed by atoms with Gasteiger partial charge in [-0.15, -0.1) is 16.4 Å². The maximum Gasteiger partial charge on any atom is 0.352 e. The average Bonchev–Trinajstić information content (AvgIpc) is 3.34. The second-order valence-electron chi connectivity index (χ2n) is 7.04. The van der Waals surface area contributed by atoms with E-state index in [0.717, 1.165) is 20.7 Å². The molecular formula is C19H21N5O3S. The van der Waals surface area contributed by atoms with Crippen LogP contribution in [0.4, 0.5) is 0 Å². The standard InChI is InChI=1S/C19H21N5O3S/c1-10(2)16-21-18-15(11(3)12(4)28-18)17-22-23(19(26)24(16)17)9-14(25)20-8-13-6-5-7-27-13/h5-7,10H,8-9H2,1-4H3,(H,20,25). The molecule has 0 aliphatic heterocycles. The van der Waals surface area contributed by atoms with Gasteiger partial charge in [-0.1, -0.05) is 13.8 Å². The predicted molar refractivity (Wildman–Crippen MR) is 107 cm³/mol. The number of thiophene rings is 1. The molecule has 0 aliphatic carbocycles. The fourth-order valence-corrected chi connectivity index (χ4v) is 4.19.